The van der Waals surface area contributed by atoms with E-state index in [4.69, 9.17) is 4.74 Å². The molecule has 0 bridgehead atoms. The van der Waals surface area contributed by atoms with Crippen LogP contribution >= 0.6 is 0 Å². The van der Waals surface area contributed by atoms with Crippen molar-refractivity contribution in [1.82, 2.24) is 19.1 Å². The minimum Gasteiger partial charge on any atom is -0.495 e. The third-order valence-electron chi connectivity index (χ3n) is 5.08. The van der Waals surface area contributed by atoms with E-state index in [0.29, 0.717) is 9.91 Å². The standard InChI is InChI=1S/C20H26N4O5S/c1-20(2,3)21-18(25)13-7-10-16(15(11-13)29-4)30(27,28)24-19(26)23(14-8-9-14)17(22-24)12-5-6-12/h7,10-12,14H,5-6,8-9H2,1-4H3,(H,21,25). The topological polar surface area (TPSA) is 112 Å². The van der Waals surface area contributed by atoms with Crippen LogP contribution in [0.5, 0.6) is 5.75 Å². The number of ether oxygens (including phenoxy) is 1. The molecule has 2 aliphatic rings. The molecule has 0 saturated heterocycles. The normalized spacial score (nSPS) is 17.1. The van der Waals surface area contributed by atoms with E-state index in [1.165, 1.54) is 29.9 Å². The number of hydrogen-bond acceptors (Lipinski definition) is 6. The molecule has 30 heavy (non-hydrogen) atoms. The Kier molecular flexibility index (Phi) is 4.80. The first-order valence-electron chi connectivity index (χ1n) is 10.0. The number of amides is 1. The maximum absolute atomic E-state index is 13.3. The fraction of sp³-hybridized carbons (Fsp3) is 0.550. The molecule has 1 aromatic heterocycles. The highest BCUT2D eigenvalue weighted by molar-refractivity contribution is 7.90. The molecule has 9 nitrogen and oxygen atoms in total. The SMILES string of the molecule is COc1cc(C(=O)NC(C)(C)C)ccc1S(=O)(=O)n1nc(C2CC2)n(C2CC2)c1=O. The van der Waals surface area contributed by atoms with Crippen LogP contribution in [0.2, 0.25) is 0 Å². The molecule has 2 aliphatic carbocycles. The van der Waals surface area contributed by atoms with Crippen LogP contribution in [0.1, 0.15) is 74.6 Å². The molecule has 1 heterocycles. The van der Waals surface area contributed by atoms with Gasteiger partial charge in [0.25, 0.3) is 15.9 Å². The average Bonchev–Trinajstić information content (AvgIpc) is 3.57. The van der Waals surface area contributed by atoms with Crippen LogP contribution in [0.3, 0.4) is 0 Å². The highest BCUT2D eigenvalue weighted by Gasteiger charge is 2.39. The van der Waals surface area contributed by atoms with Crippen LogP contribution in [0, 0.1) is 0 Å². The average molecular weight is 435 g/mol. The number of rotatable bonds is 6. The van der Waals surface area contributed by atoms with Gasteiger partial charge in [-0.2, -0.15) is 8.42 Å². The number of aromatic nitrogens is 3. The molecule has 2 aromatic rings. The number of nitrogens with zero attached hydrogens (tertiary/aromatic N) is 3. The largest absolute Gasteiger partial charge is 0.495 e. The van der Waals surface area contributed by atoms with Gasteiger partial charge in [0, 0.05) is 23.1 Å². The summed E-state index contributed by atoms with van der Waals surface area (Å²) in [7, 11) is -2.97. The van der Waals surface area contributed by atoms with Crippen LogP contribution in [-0.4, -0.2) is 40.7 Å². The Morgan fingerprint density at radius 3 is 2.40 bits per heavy atom. The highest BCUT2D eigenvalue weighted by atomic mass is 32.2. The van der Waals surface area contributed by atoms with E-state index < -0.39 is 21.3 Å². The minimum atomic E-state index is -4.29. The Balaban J connectivity index is 1.76. The van der Waals surface area contributed by atoms with Gasteiger partial charge in [-0.1, -0.05) is 4.09 Å². The summed E-state index contributed by atoms with van der Waals surface area (Å²) in [6.45, 7) is 5.54. The lowest BCUT2D eigenvalue weighted by Gasteiger charge is -2.21. The van der Waals surface area contributed by atoms with Crippen molar-refractivity contribution in [1.29, 1.82) is 0 Å². The molecule has 1 N–H and O–H groups in total. The molecule has 10 heteroatoms. The smallest absolute Gasteiger partial charge is 0.361 e. The molecule has 1 aromatic carbocycles. The predicted molar refractivity (Wildman–Crippen MR) is 110 cm³/mol. The fourth-order valence-electron chi connectivity index (χ4n) is 3.35. The monoisotopic (exact) mass is 434 g/mol. The van der Waals surface area contributed by atoms with Crippen molar-refractivity contribution in [3.8, 4) is 5.75 Å². The summed E-state index contributed by atoms with van der Waals surface area (Å²) in [5.74, 6) is 0.319. The molecule has 162 valence electrons. The van der Waals surface area contributed by atoms with Gasteiger partial charge in [-0.15, -0.1) is 5.10 Å². The predicted octanol–water partition coefficient (Wildman–Crippen LogP) is 2.03. The van der Waals surface area contributed by atoms with Gasteiger partial charge in [0.1, 0.15) is 16.5 Å². The van der Waals surface area contributed by atoms with E-state index >= 15 is 0 Å². The highest BCUT2D eigenvalue weighted by Crippen LogP contribution is 2.43. The van der Waals surface area contributed by atoms with Gasteiger partial charge in [-0.05, 0) is 64.7 Å². The summed E-state index contributed by atoms with van der Waals surface area (Å²) < 4.78 is 34.0. The van der Waals surface area contributed by atoms with Crippen molar-refractivity contribution in [2.75, 3.05) is 7.11 Å². The number of carbonyl (C=O) groups excluding carboxylic acids is 1. The van der Waals surface area contributed by atoms with Crippen molar-refractivity contribution in [2.24, 2.45) is 0 Å². The second-order valence-corrected chi connectivity index (χ2v) is 10.7. The maximum atomic E-state index is 13.3. The van der Waals surface area contributed by atoms with Gasteiger partial charge in [-0.3, -0.25) is 9.36 Å². The number of hydrogen-bond donors (Lipinski definition) is 1. The van der Waals surface area contributed by atoms with Crippen molar-refractivity contribution >= 4 is 15.9 Å². The molecule has 2 saturated carbocycles. The Labute approximate surface area is 175 Å². The number of benzene rings is 1. The molecular formula is C20H26N4O5S. The first-order valence-corrected chi connectivity index (χ1v) is 11.4. The third-order valence-corrected chi connectivity index (χ3v) is 6.67. The van der Waals surface area contributed by atoms with Gasteiger partial charge in [0.15, 0.2) is 0 Å². The number of carbonyl (C=O) groups is 1. The van der Waals surface area contributed by atoms with Gasteiger partial charge in [0.2, 0.25) is 0 Å². The van der Waals surface area contributed by atoms with Crippen LogP contribution < -0.4 is 15.7 Å². The lowest BCUT2D eigenvalue weighted by Crippen LogP contribution is -2.40. The second kappa shape index (κ2) is 6.97. The van der Waals surface area contributed by atoms with Gasteiger partial charge in [-0.25, -0.2) is 4.79 Å². The van der Waals surface area contributed by atoms with E-state index in [1.54, 1.807) is 0 Å². The Morgan fingerprint density at radius 2 is 1.87 bits per heavy atom. The molecule has 4 rings (SSSR count). The molecule has 0 radical (unpaired) electrons. The van der Waals surface area contributed by atoms with Crippen molar-refractivity contribution < 1.29 is 17.9 Å². The van der Waals surface area contributed by atoms with Crippen molar-refractivity contribution in [2.45, 2.75) is 68.8 Å². The Bertz CT molecular complexity index is 1160. The van der Waals surface area contributed by atoms with Crippen LogP contribution in [0.4, 0.5) is 0 Å². The first-order chi connectivity index (χ1) is 14.0. The van der Waals surface area contributed by atoms with Crippen molar-refractivity contribution in [3.63, 3.8) is 0 Å². The van der Waals surface area contributed by atoms with Crippen LogP contribution in [0.15, 0.2) is 27.9 Å². The minimum absolute atomic E-state index is 0.0163. The lowest BCUT2D eigenvalue weighted by atomic mass is 10.1. The number of methoxy groups -OCH3 is 1. The van der Waals surface area contributed by atoms with Crippen molar-refractivity contribution in [3.05, 3.63) is 40.1 Å². The van der Waals surface area contributed by atoms with E-state index in [0.717, 1.165) is 25.7 Å². The summed E-state index contributed by atoms with van der Waals surface area (Å²) in [5.41, 5.74) is -0.830. The summed E-state index contributed by atoms with van der Waals surface area (Å²) in [5, 5.41) is 7.03. The van der Waals surface area contributed by atoms with Crippen LogP contribution in [-0.2, 0) is 10.0 Å². The first kappa shape index (κ1) is 20.6. The molecule has 0 atom stereocenters. The number of nitrogens with one attached hydrogen (secondary N) is 1. The Hall–Kier alpha value is -2.62. The summed E-state index contributed by atoms with van der Waals surface area (Å²) >= 11 is 0. The summed E-state index contributed by atoms with van der Waals surface area (Å²) in [6, 6.07) is 4.08. The molecule has 0 spiro atoms. The van der Waals surface area contributed by atoms with E-state index in [9.17, 15) is 18.0 Å². The molecule has 0 unspecified atom stereocenters. The van der Waals surface area contributed by atoms with Gasteiger partial charge in [0.05, 0.1) is 7.11 Å². The maximum Gasteiger partial charge on any atom is 0.361 e. The zero-order valence-electron chi connectivity index (χ0n) is 17.5. The lowest BCUT2D eigenvalue weighted by molar-refractivity contribution is 0.0919. The zero-order valence-corrected chi connectivity index (χ0v) is 18.3. The molecule has 2 fully saturated rings. The van der Waals surface area contributed by atoms with Gasteiger partial charge >= 0.3 is 5.69 Å². The van der Waals surface area contributed by atoms with E-state index in [2.05, 4.69) is 10.4 Å². The van der Waals surface area contributed by atoms with E-state index in [1.807, 2.05) is 20.8 Å². The molecule has 0 aliphatic heterocycles. The quantitative estimate of drug-likeness (QED) is 0.744. The summed E-state index contributed by atoms with van der Waals surface area (Å²) in [4.78, 5) is 25.2. The summed E-state index contributed by atoms with van der Waals surface area (Å²) in [6.07, 6.45) is 3.52. The zero-order chi connectivity index (χ0) is 21.8. The van der Waals surface area contributed by atoms with Crippen LogP contribution in [0.25, 0.3) is 0 Å². The fourth-order valence-corrected chi connectivity index (χ4v) is 4.66. The molecule has 1 amide bonds. The third kappa shape index (κ3) is 3.76. The molecular weight excluding hydrogens is 408 g/mol. The van der Waals surface area contributed by atoms with E-state index in [-0.39, 0.29) is 34.1 Å². The van der Waals surface area contributed by atoms with Gasteiger partial charge < -0.3 is 10.1 Å². The Morgan fingerprint density at radius 1 is 1.20 bits per heavy atom. The second-order valence-electron chi connectivity index (χ2n) is 8.93.